The fourth-order valence-electron chi connectivity index (χ4n) is 4.08. The Labute approximate surface area is 215 Å². The molecule has 33 heavy (non-hydrogen) atoms. The number of methoxy groups -OCH3 is 1. The van der Waals surface area contributed by atoms with Crippen molar-refractivity contribution in [3.63, 3.8) is 0 Å². The van der Waals surface area contributed by atoms with Crippen molar-refractivity contribution in [2.24, 2.45) is 12.0 Å². The summed E-state index contributed by atoms with van der Waals surface area (Å²) in [5.41, 5.74) is 4.71. The van der Waals surface area contributed by atoms with E-state index < -0.39 is 0 Å². The molecule has 1 aliphatic heterocycles. The van der Waals surface area contributed by atoms with Crippen LogP contribution < -0.4 is 20.3 Å². The van der Waals surface area contributed by atoms with Crippen LogP contribution in [0.2, 0.25) is 0 Å². The second kappa shape index (κ2) is 13.6. The van der Waals surface area contributed by atoms with Crippen LogP contribution in [0.15, 0.2) is 29.3 Å². The first kappa shape index (κ1) is 27.2. The van der Waals surface area contributed by atoms with Crippen LogP contribution in [0.25, 0.3) is 0 Å². The van der Waals surface area contributed by atoms with Gasteiger partial charge in [-0.2, -0.15) is 5.10 Å². The minimum absolute atomic E-state index is 0. The zero-order valence-electron chi connectivity index (χ0n) is 20.7. The van der Waals surface area contributed by atoms with Gasteiger partial charge in [0.2, 0.25) is 0 Å². The van der Waals surface area contributed by atoms with Crippen LogP contribution in [-0.2, 0) is 13.6 Å². The Kier molecular flexibility index (Phi) is 11.3. The van der Waals surface area contributed by atoms with Crippen LogP contribution in [-0.4, -0.2) is 73.6 Å². The number of nitrogens with zero attached hydrogens (tertiary/aromatic N) is 5. The van der Waals surface area contributed by atoms with Gasteiger partial charge in [-0.25, -0.2) is 4.99 Å². The fraction of sp³-hybridized carbons (Fsp3) is 0.583. The zero-order chi connectivity index (χ0) is 22.9. The van der Waals surface area contributed by atoms with E-state index >= 15 is 0 Å². The number of hydrogen-bond acceptors (Lipinski definition) is 5. The molecule has 0 atom stereocenters. The Bertz CT molecular complexity index is 874. The SMILES string of the molecule is CCNC(=NCc1c(C)nn(C)c1C)NCCCN1CCN(c2ccc(OC)cc2)CC1.I. The maximum Gasteiger partial charge on any atom is 0.191 e. The van der Waals surface area contributed by atoms with Crippen LogP contribution in [0.5, 0.6) is 5.75 Å². The second-order valence-electron chi connectivity index (χ2n) is 8.28. The van der Waals surface area contributed by atoms with E-state index in [1.54, 1.807) is 7.11 Å². The molecule has 0 bridgehead atoms. The summed E-state index contributed by atoms with van der Waals surface area (Å²) >= 11 is 0. The number of aliphatic imine (C=N–C) groups is 1. The summed E-state index contributed by atoms with van der Waals surface area (Å²) in [5, 5.41) is 11.3. The summed E-state index contributed by atoms with van der Waals surface area (Å²) in [4.78, 5) is 9.77. The van der Waals surface area contributed by atoms with E-state index in [4.69, 9.17) is 9.73 Å². The highest BCUT2D eigenvalue weighted by Crippen LogP contribution is 2.20. The molecule has 3 rings (SSSR count). The van der Waals surface area contributed by atoms with Crippen molar-refractivity contribution in [3.8, 4) is 5.75 Å². The summed E-state index contributed by atoms with van der Waals surface area (Å²) in [6.45, 7) is 14.1. The molecule has 0 unspecified atom stereocenters. The number of ether oxygens (including phenoxy) is 1. The standard InChI is InChI=1S/C24H39N7O.HI/c1-6-25-24(27-18-23-19(2)28-29(4)20(23)3)26-12-7-13-30-14-16-31(17-15-30)21-8-10-22(32-5)11-9-21;/h8-11H,6-7,12-18H2,1-5H3,(H2,25,26,27);1H. The molecule has 9 heteroatoms. The Balaban J connectivity index is 0.00000385. The Morgan fingerprint density at radius 1 is 1.09 bits per heavy atom. The molecule has 0 saturated carbocycles. The predicted octanol–water partition coefficient (Wildman–Crippen LogP) is 2.93. The number of anilines is 1. The molecular formula is C24H40IN7O. The molecule has 2 N–H and O–H groups in total. The summed E-state index contributed by atoms with van der Waals surface area (Å²) in [6.07, 6.45) is 1.10. The fourth-order valence-corrected chi connectivity index (χ4v) is 4.08. The monoisotopic (exact) mass is 569 g/mol. The van der Waals surface area contributed by atoms with Gasteiger partial charge in [0, 0.05) is 63.3 Å². The lowest BCUT2D eigenvalue weighted by Crippen LogP contribution is -2.47. The van der Waals surface area contributed by atoms with Gasteiger partial charge >= 0.3 is 0 Å². The molecule has 2 aromatic rings. The van der Waals surface area contributed by atoms with Gasteiger partial charge in [-0.05, 0) is 58.0 Å². The normalized spacial score (nSPS) is 14.7. The van der Waals surface area contributed by atoms with Crippen LogP contribution in [0.1, 0.15) is 30.3 Å². The van der Waals surface area contributed by atoms with Gasteiger partial charge in [0.1, 0.15) is 5.75 Å². The van der Waals surface area contributed by atoms with Gasteiger partial charge in [0.25, 0.3) is 0 Å². The maximum absolute atomic E-state index is 5.26. The van der Waals surface area contributed by atoms with E-state index in [-0.39, 0.29) is 24.0 Å². The Hall–Kier alpha value is -2.01. The van der Waals surface area contributed by atoms with E-state index in [2.05, 4.69) is 51.5 Å². The largest absolute Gasteiger partial charge is 0.497 e. The van der Waals surface area contributed by atoms with Gasteiger partial charge < -0.3 is 20.3 Å². The van der Waals surface area contributed by atoms with Gasteiger partial charge in [-0.3, -0.25) is 9.58 Å². The van der Waals surface area contributed by atoms with E-state index in [0.29, 0.717) is 6.54 Å². The minimum Gasteiger partial charge on any atom is -0.497 e. The average Bonchev–Trinajstić information content (AvgIpc) is 3.06. The molecule has 1 fully saturated rings. The van der Waals surface area contributed by atoms with E-state index in [9.17, 15) is 0 Å². The van der Waals surface area contributed by atoms with Crippen molar-refractivity contribution < 1.29 is 4.74 Å². The third-order valence-corrected chi connectivity index (χ3v) is 6.15. The molecule has 1 aromatic carbocycles. The lowest BCUT2D eigenvalue weighted by molar-refractivity contribution is 0.255. The van der Waals surface area contributed by atoms with Gasteiger partial charge in [-0.1, -0.05) is 0 Å². The summed E-state index contributed by atoms with van der Waals surface area (Å²) < 4.78 is 7.19. The van der Waals surface area contributed by atoms with E-state index in [1.165, 1.54) is 16.9 Å². The molecule has 0 aliphatic carbocycles. The number of halogens is 1. The molecule has 184 valence electrons. The van der Waals surface area contributed by atoms with Crippen molar-refractivity contribution in [2.75, 3.05) is 57.8 Å². The first-order chi connectivity index (χ1) is 15.5. The number of rotatable bonds is 9. The predicted molar refractivity (Wildman–Crippen MR) is 147 cm³/mol. The lowest BCUT2D eigenvalue weighted by atomic mass is 10.2. The third-order valence-electron chi connectivity index (χ3n) is 6.15. The number of benzene rings is 1. The topological polar surface area (TPSA) is 70.0 Å². The quantitative estimate of drug-likeness (QED) is 0.210. The first-order valence-corrected chi connectivity index (χ1v) is 11.6. The van der Waals surface area contributed by atoms with Crippen molar-refractivity contribution in [1.29, 1.82) is 0 Å². The highest BCUT2D eigenvalue weighted by Gasteiger charge is 2.17. The van der Waals surface area contributed by atoms with Crippen LogP contribution >= 0.6 is 24.0 Å². The minimum atomic E-state index is 0. The van der Waals surface area contributed by atoms with E-state index in [1.807, 2.05) is 30.8 Å². The molecule has 1 aromatic heterocycles. The summed E-state index contributed by atoms with van der Waals surface area (Å²) in [5.74, 6) is 1.78. The van der Waals surface area contributed by atoms with Crippen molar-refractivity contribution >= 4 is 35.6 Å². The number of nitrogens with one attached hydrogen (secondary N) is 2. The Morgan fingerprint density at radius 2 is 1.79 bits per heavy atom. The molecule has 0 spiro atoms. The third kappa shape index (κ3) is 7.77. The molecule has 1 aliphatic rings. The van der Waals surface area contributed by atoms with Crippen LogP contribution in [0, 0.1) is 13.8 Å². The number of aryl methyl sites for hydroxylation is 2. The smallest absolute Gasteiger partial charge is 0.191 e. The number of guanidine groups is 1. The maximum atomic E-state index is 5.26. The highest BCUT2D eigenvalue weighted by atomic mass is 127. The molecule has 0 radical (unpaired) electrons. The summed E-state index contributed by atoms with van der Waals surface area (Å²) in [7, 11) is 3.69. The molecular weight excluding hydrogens is 529 g/mol. The number of aromatic nitrogens is 2. The highest BCUT2D eigenvalue weighted by molar-refractivity contribution is 14.0. The average molecular weight is 570 g/mol. The summed E-state index contributed by atoms with van der Waals surface area (Å²) in [6, 6.07) is 8.37. The van der Waals surface area contributed by atoms with E-state index in [0.717, 1.165) is 69.6 Å². The van der Waals surface area contributed by atoms with Crippen molar-refractivity contribution in [3.05, 3.63) is 41.2 Å². The van der Waals surface area contributed by atoms with Crippen LogP contribution in [0.3, 0.4) is 0 Å². The second-order valence-corrected chi connectivity index (χ2v) is 8.28. The zero-order valence-corrected chi connectivity index (χ0v) is 23.1. The van der Waals surface area contributed by atoms with Gasteiger partial charge in [0.05, 0.1) is 19.3 Å². The van der Waals surface area contributed by atoms with Gasteiger partial charge in [0.15, 0.2) is 5.96 Å². The molecule has 2 heterocycles. The molecule has 0 amide bonds. The lowest BCUT2D eigenvalue weighted by Gasteiger charge is -2.36. The molecule has 8 nitrogen and oxygen atoms in total. The number of hydrogen-bond donors (Lipinski definition) is 2. The molecule has 1 saturated heterocycles. The van der Waals surface area contributed by atoms with Crippen molar-refractivity contribution in [1.82, 2.24) is 25.3 Å². The van der Waals surface area contributed by atoms with Crippen LogP contribution in [0.4, 0.5) is 5.69 Å². The first-order valence-electron chi connectivity index (χ1n) is 11.6. The van der Waals surface area contributed by atoms with Gasteiger partial charge in [-0.15, -0.1) is 24.0 Å². The van der Waals surface area contributed by atoms with Crippen molar-refractivity contribution in [2.45, 2.75) is 33.7 Å². The number of piperazine rings is 1. The Morgan fingerprint density at radius 3 is 2.36 bits per heavy atom.